The van der Waals surface area contributed by atoms with Gasteiger partial charge in [-0.3, -0.25) is 0 Å². The molecule has 0 unspecified atom stereocenters. The summed E-state index contributed by atoms with van der Waals surface area (Å²) >= 11 is 4.25. The van der Waals surface area contributed by atoms with E-state index in [1.54, 1.807) is 0 Å². The molecular weight excluding hydrogens is 175 g/mol. The minimum absolute atomic E-state index is 1.28. The Hall–Kier alpha value is -0.365. The highest BCUT2D eigenvalue weighted by Gasteiger charge is 2.10. The van der Waals surface area contributed by atoms with Crippen LogP contribution in [0.25, 0.3) is 0 Å². The van der Waals surface area contributed by atoms with Crippen molar-refractivity contribution in [3.05, 3.63) is 27.8 Å². The van der Waals surface area contributed by atoms with Crippen molar-refractivity contribution in [3.63, 3.8) is 0 Å². The Balaban J connectivity index is 3.56. The van der Waals surface area contributed by atoms with Crippen molar-refractivity contribution in [2.45, 2.75) is 34.6 Å². The van der Waals surface area contributed by atoms with Gasteiger partial charge in [-0.25, -0.2) is 12.5 Å². The predicted molar refractivity (Wildman–Crippen MR) is 64.5 cm³/mol. The molecule has 0 saturated carbocycles. The Morgan fingerprint density at radius 3 is 1.31 bits per heavy atom. The Kier molecular flexibility index (Phi) is 3.12. The number of benzene rings is 1. The van der Waals surface area contributed by atoms with E-state index in [2.05, 4.69) is 47.1 Å². The average Bonchev–Trinajstić information content (AvgIpc) is 2.13. The van der Waals surface area contributed by atoms with E-state index in [9.17, 15) is 0 Å². The number of hydrogen-bond acceptors (Lipinski definition) is 1. The second-order valence-corrected chi connectivity index (χ2v) is 3.93. The summed E-state index contributed by atoms with van der Waals surface area (Å²) in [5.74, 6) is 0. The first-order valence-electron chi connectivity index (χ1n) is 4.55. The van der Waals surface area contributed by atoms with Gasteiger partial charge in [0.15, 0.2) is 0 Å². The van der Waals surface area contributed by atoms with Gasteiger partial charge in [0.25, 0.3) is 0 Å². The van der Waals surface area contributed by atoms with Gasteiger partial charge in [-0.15, -0.1) is 0 Å². The van der Waals surface area contributed by atoms with Gasteiger partial charge in [0.05, 0.1) is 0 Å². The molecule has 0 amide bonds. The van der Waals surface area contributed by atoms with E-state index < -0.39 is 0 Å². The highest BCUT2D eigenvalue weighted by molar-refractivity contribution is 8.08. The molecule has 2 heteroatoms. The zero-order chi connectivity index (χ0) is 10.2. The van der Waals surface area contributed by atoms with E-state index in [1.165, 1.54) is 33.3 Å². The highest BCUT2D eigenvalue weighted by Crippen LogP contribution is 2.18. The van der Waals surface area contributed by atoms with Crippen molar-refractivity contribution in [1.82, 2.24) is 0 Å². The maximum Gasteiger partial charge on any atom is 0.225 e. The van der Waals surface area contributed by atoms with Crippen LogP contribution in [-0.2, 0) is 0 Å². The molecule has 1 radical (unpaired) electrons. The Bertz CT molecular complexity index is 313. The van der Waals surface area contributed by atoms with Crippen LogP contribution in [0.4, 0.5) is 0 Å². The van der Waals surface area contributed by atoms with Crippen LogP contribution in [0.15, 0.2) is 0 Å². The second-order valence-electron chi connectivity index (χ2n) is 3.67. The van der Waals surface area contributed by atoms with Crippen LogP contribution in [0.2, 0.25) is 0 Å². The molecule has 0 fully saturated rings. The Labute approximate surface area is 87.3 Å². The topological polar surface area (TPSA) is 0 Å². The molecule has 1 aromatic carbocycles. The Morgan fingerprint density at radius 1 is 0.692 bits per heavy atom. The zero-order valence-corrected chi connectivity index (χ0v) is 9.92. The van der Waals surface area contributed by atoms with Crippen molar-refractivity contribution >= 4 is 24.5 Å². The van der Waals surface area contributed by atoms with Gasteiger partial charge in [0, 0.05) is 0 Å². The molecule has 0 nitrogen and oxygen atoms in total. The van der Waals surface area contributed by atoms with Crippen molar-refractivity contribution < 1.29 is 0 Å². The lowest BCUT2D eigenvalue weighted by molar-refractivity contribution is 1.20. The lowest BCUT2D eigenvalue weighted by Crippen LogP contribution is -2.21. The van der Waals surface area contributed by atoms with Crippen LogP contribution in [0, 0.1) is 34.6 Å². The maximum absolute atomic E-state index is 4.25. The third-order valence-electron chi connectivity index (χ3n) is 3.19. The fourth-order valence-electron chi connectivity index (χ4n) is 1.72. The molecule has 1 rings (SSSR count). The Morgan fingerprint density at radius 2 is 1.00 bits per heavy atom. The molecule has 0 N–H and O–H groups in total. The molecule has 0 aromatic heterocycles. The molecule has 69 valence electrons. The van der Waals surface area contributed by atoms with Crippen LogP contribution >= 0.6 is 12.5 Å². The fourth-order valence-corrected chi connectivity index (χ4v) is 2.11. The summed E-state index contributed by atoms with van der Waals surface area (Å²) in [5.41, 5.74) is 8.19. The van der Waals surface area contributed by atoms with Crippen molar-refractivity contribution in [1.29, 1.82) is 0 Å². The normalized spacial score (nSPS) is 10.3. The first-order chi connectivity index (χ1) is 6.00. The third kappa shape index (κ3) is 1.64. The summed E-state index contributed by atoms with van der Waals surface area (Å²) in [6, 6.07) is 0. The molecule has 0 bridgehead atoms. The lowest BCUT2D eigenvalue weighted by Gasteiger charge is -2.16. The van der Waals surface area contributed by atoms with Gasteiger partial charge < -0.3 is 0 Å². The van der Waals surface area contributed by atoms with Crippen molar-refractivity contribution in [2.24, 2.45) is 0 Å². The summed E-state index contributed by atoms with van der Waals surface area (Å²) in [6.07, 6.45) is 0. The highest BCUT2D eigenvalue weighted by atomic mass is 32.1. The molecule has 0 spiro atoms. The number of thiol groups is 1. The van der Waals surface area contributed by atoms with Crippen molar-refractivity contribution in [2.75, 3.05) is 0 Å². The van der Waals surface area contributed by atoms with E-state index in [0.717, 1.165) is 0 Å². The lowest BCUT2D eigenvalue weighted by atomic mass is 9.79. The molecule has 0 saturated heterocycles. The first-order valence-corrected chi connectivity index (χ1v) is 5.06. The van der Waals surface area contributed by atoms with Crippen LogP contribution in [0.5, 0.6) is 0 Å². The summed E-state index contributed by atoms with van der Waals surface area (Å²) in [4.78, 5) is 0. The summed E-state index contributed by atoms with van der Waals surface area (Å²) < 4.78 is 0. The van der Waals surface area contributed by atoms with E-state index in [0.29, 0.717) is 0 Å². The monoisotopic (exact) mass is 191 g/mol. The molecule has 1 aromatic rings. The summed E-state index contributed by atoms with van der Waals surface area (Å²) in [5, 5.41) is 0. The predicted octanol–water partition coefficient (Wildman–Crippen LogP) is 2.40. The molecule has 0 heterocycles. The standard InChI is InChI=1S/C11H16BS/c1-6-7(2)9(4)11(12-13)10(5)8(6)3/h13H,1-5H3. The van der Waals surface area contributed by atoms with E-state index in [4.69, 9.17) is 0 Å². The average molecular weight is 191 g/mol. The van der Waals surface area contributed by atoms with Crippen molar-refractivity contribution in [3.8, 4) is 0 Å². The fraction of sp³-hybridized carbons (Fsp3) is 0.455. The van der Waals surface area contributed by atoms with Gasteiger partial charge in [-0.1, -0.05) is 16.6 Å². The van der Waals surface area contributed by atoms with Crippen LogP contribution in [-0.4, -0.2) is 6.56 Å². The van der Waals surface area contributed by atoms with Gasteiger partial charge >= 0.3 is 0 Å². The SMILES string of the molecule is Cc1c(C)c(C)c([B]S)c(C)c1C. The molecule has 13 heavy (non-hydrogen) atoms. The smallest absolute Gasteiger partial charge is 0.225 e. The summed E-state index contributed by atoms with van der Waals surface area (Å²) in [7, 11) is 0. The quantitative estimate of drug-likeness (QED) is 0.511. The van der Waals surface area contributed by atoms with Crippen LogP contribution in [0.1, 0.15) is 27.8 Å². The molecule has 0 atom stereocenters. The van der Waals surface area contributed by atoms with E-state index in [1.807, 2.05) is 6.56 Å². The van der Waals surface area contributed by atoms with Crippen LogP contribution < -0.4 is 5.46 Å². The molecular formula is C11H16BS. The minimum Gasteiger partial charge on any atom is -0.228 e. The van der Waals surface area contributed by atoms with E-state index in [-0.39, 0.29) is 0 Å². The summed E-state index contributed by atoms with van der Waals surface area (Å²) in [6.45, 7) is 12.8. The molecule has 0 aliphatic rings. The number of rotatable bonds is 1. The van der Waals surface area contributed by atoms with Gasteiger partial charge in [-0.2, -0.15) is 0 Å². The second kappa shape index (κ2) is 3.79. The van der Waals surface area contributed by atoms with Crippen LogP contribution in [0.3, 0.4) is 0 Å². The molecule has 0 aliphatic carbocycles. The maximum atomic E-state index is 4.25. The largest absolute Gasteiger partial charge is 0.228 e. The van der Waals surface area contributed by atoms with Gasteiger partial charge in [-0.05, 0) is 51.3 Å². The third-order valence-corrected chi connectivity index (χ3v) is 3.45. The van der Waals surface area contributed by atoms with Gasteiger partial charge in [0.2, 0.25) is 6.56 Å². The first kappa shape index (κ1) is 10.7. The zero-order valence-electron chi connectivity index (χ0n) is 9.02. The van der Waals surface area contributed by atoms with E-state index >= 15 is 0 Å². The van der Waals surface area contributed by atoms with Gasteiger partial charge in [0.1, 0.15) is 0 Å². The minimum atomic E-state index is 1.28. The number of hydrogen-bond donors (Lipinski definition) is 1. The molecule has 0 aliphatic heterocycles.